The minimum Gasteiger partial charge on any atom is -0.416 e. The van der Waals surface area contributed by atoms with Gasteiger partial charge in [0.2, 0.25) is 10.1 Å². The zero-order chi connectivity index (χ0) is 22.0. The zero-order valence-corrected chi connectivity index (χ0v) is 22.7. The van der Waals surface area contributed by atoms with Gasteiger partial charge in [0, 0.05) is 23.7 Å². The van der Waals surface area contributed by atoms with Crippen LogP contribution in [0.15, 0.2) is 10.1 Å². The van der Waals surface area contributed by atoms with Crippen molar-refractivity contribution in [2.75, 3.05) is 13.2 Å². The highest BCUT2D eigenvalue weighted by atomic mass is 32.2. The van der Waals surface area contributed by atoms with Crippen LogP contribution in [0.5, 0.6) is 0 Å². The first-order valence-electron chi connectivity index (χ1n) is 9.66. The van der Waals surface area contributed by atoms with Gasteiger partial charge in [-0.2, -0.15) is 0 Å². The summed E-state index contributed by atoms with van der Waals surface area (Å²) in [6.07, 6.45) is 0. The standard InChI is InChI=1S/C20H36N2O2S2Si2/c1-19(2,3)27(9,10)23-13-15-16(14-24-28(11,12)20(4,5)6)26-18(22-8)17(21-7)25-15/h15-16H,13-14H2,1-6,9-12H3/t15-,16-/m1/s1. The Morgan fingerprint density at radius 3 is 1.25 bits per heavy atom. The molecule has 1 aliphatic heterocycles. The van der Waals surface area contributed by atoms with E-state index in [9.17, 15) is 0 Å². The third kappa shape index (κ3) is 6.39. The van der Waals surface area contributed by atoms with Crippen molar-refractivity contribution in [1.82, 2.24) is 0 Å². The van der Waals surface area contributed by atoms with Gasteiger partial charge in [-0.1, -0.05) is 41.5 Å². The summed E-state index contributed by atoms with van der Waals surface area (Å²) in [5, 5.41) is 1.55. The third-order valence-electron chi connectivity index (χ3n) is 6.16. The van der Waals surface area contributed by atoms with Gasteiger partial charge in [0.1, 0.15) is 0 Å². The second-order valence-electron chi connectivity index (χ2n) is 10.3. The van der Waals surface area contributed by atoms with Gasteiger partial charge in [0.25, 0.3) is 0 Å². The maximum Gasteiger partial charge on any atom is 0.235 e. The lowest BCUT2D eigenvalue weighted by Gasteiger charge is -2.41. The number of thioether (sulfide) groups is 2. The molecule has 0 bridgehead atoms. The Morgan fingerprint density at radius 1 is 0.750 bits per heavy atom. The van der Waals surface area contributed by atoms with Crippen LogP contribution in [-0.4, -0.2) is 40.3 Å². The molecule has 0 aliphatic carbocycles. The molecule has 1 rings (SSSR count). The van der Waals surface area contributed by atoms with Gasteiger partial charge in [0.05, 0.1) is 13.1 Å². The predicted octanol–water partition coefficient (Wildman–Crippen LogP) is 7.21. The highest BCUT2D eigenvalue weighted by Crippen LogP contribution is 2.46. The van der Waals surface area contributed by atoms with Gasteiger partial charge in [-0.25, -0.2) is 9.69 Å². The molecule has 1 heterocycles. The SMILES string of the molecule is [C-]#[N+]C1=C([N+]#[C-])S[C@H](CO[Si](C)(C)C(C)(C)C)[C@@H](CO[Si](C)(C)C(C)(C)C)S1. The molecule has 8 heteroatoms. The van der Waals surface area contributed by atoms with E-state index in [-0.39, 0.29) is 20.6 Å². The first kappa shape index (κ1) is 25.8. The van der Waals surface area contributed by atoms with Gasteiger partial charge in [-0.15, -0.1) is 23.5 Å². The van der Waals surface area contributed by atoms with Crippen molar-refractivity contribution in [3.8, 4) is 0 Å². The zero-order valence-electron chi connectivity index (χ0n) is 19.1. The molecule has 0 unspecified atom stereocenters. The van der Waals surface area contributed by atoms with E-state index in [2.05, 4.69) is 77.4 Å². The topological polar surface area (TPSA) is 27.2 Å². The van der Waals surface area contributed by atoms with E-state index >= 15 is 0 Å². The summed E-state index contributed by atoms with van der Waals surface area (Å²) in [5.74, 6) is 0. The van der Waals surface area contributed by atoms with Gasteiger partial charge in [-0.05, 0) is 36.3 Å². The van der Waals surface area contributed by atoms with Crippen LogP contribution in [0.1, 0.15) is 41.5 Å². The molecule has 0 amide bonds. The molecule has 28 heavy (non-hydrogen) atoms. The van der Waals surface area contributed by atoms with Crippen LogP contribution < -0.4 is 0 Å². The molecule has 0 saturated carbocycles. The summed E-state index contributed by atoms with van der Waals surface area (Å²) in [7, 11) is -3.75. The number of hydrogen-bond donors (Lipinski definition) is 0. The Labute approximate surface area is 183 Å². The first-order valence-corrected chi connectivity index (χ1v) is 17.2. The molecule has 0 aromatic carbocycles. The van der Waals surface area contributed by atoms with E-state index < -0.39 is 16.6 Å². The van der Waals surface area contributed by atoms with Crippen molar-refractivity contribution < 1.29 is 8.85 Å². The normalized spacial score (nSPS) is 22.0. The fraction of sp³-hybridized carbons (Fsp3) is 0.800. The fourth-order valence-corrected chi connectivity index (χ4v) is 6.61. The summed E-state index contributed by atoms with van der Waals surface area (Å²) in [6, 6.07) is 0. The Bertz CT molecular complexity index is 622. The van der Waals surface area contributed by atoms with Gasteiger partial charge in [-0.3, -0.25) is 0 Å². The first-order chi connectivity index (χ1) is 12.6. The molecule has 0 spiro atoms. The number of rotatable bonds is 6. The van der Waals surface area contributed by atoms with Gasteiger partial charge < -0.3 is 8.85 Å². The van der Waals surface area contributed by atoms with Crippen LogP contribution in [0.3, 0.4) is 0 Å². The van der Waals surface area contributed by atoms with Crippen molar-refractivity contribution in [3.05, 3.63) is 32.9 Å². The lowest BCUT2D eigenvalue weighted by Crippen LogP contribution is -2.46. The summed E-state index contributed by atoms with van der Waals surface area (Å²) < 4.78 is 13.0. The second-order valence-corrected chi connectivity index (χ2v) is 22.4. The Balaban J connectivity index is 3.01. The lowest BCUT2D eigenvalue weighted by molar-refractivity contribution is 0.251. The van der Waals surface area contributed by atoms with Crippen LogP contribution in [0.4, 0.5) is 0 Å². The van der Waals surface area contributed by atoms with Crippen molar-refractivity contribution in [2.45, 2.75) is 88.3 Å². The smallest absolute Gasteiger partial charge is 0.235 e. The van der Waals surface area contributed by atoms with Crippen LogP contribution in [0, 0.1) is 13.1 Å². The monoisotopic (exact) mass is 456 g/mol. The highest BCUT2D eigenvalue weighted by molar-refractivity contribution is 8.11. The molecule has 1 aliphatic rings. The maximum atomic E-state index is 7.46. The van der Waals surface area contributed by atoms with Crippen molar-refractivity contribution in [1.29, 1.82) is 0 Å². The quantitative estimate of drug-likeness (QED) is 0.311. The molecule has 0 N–H and O–H groups in total. The van der Waals surface area contributed by atoms with E-state index in [0.29, 0.717) is 23.3 Å². The highest BCUT2D eigenvalue weighted by Gasteiger charge is 2.42. The van der Waals surface area contributed by atoms with Crippen LogP contribution >= 0.6 is 23.5 Å². The molecule has 0 radical (unpaired) electrons. The molecule has 0 saturated heterocycles. The van der Waals surface area contributed by atoms with E-state index in [0.717, 1.165) is 0 Å². The summed E-state index contributed by atoms with van der Waals surface area (Å²) in [6.45, 7) is 38.6. The Morgan fingerprint density at radius 2 is 1.04 bits per heavy atom. The Hall–Kier alpha value is -0.226. The second kappa shape index (κ2) is 9.28. The van der Waals surface area contributed by atoms with E-state index in [1.54, 1.807) is 0 Å². The van der Waals surface area contributed by atoms with Crippen LogP contribution in [0.25, 0.3) is 9.69 Å². The molecule has 0 aromatic heterocycles. The summed E-state index contributed by atoms with van der Waals surface area (Å²) in [4.78, 5) is 7.21. The molecule has 0 fully saturated rings. The number of nitrogens with zero attached hydrogens (tertiary/aromatic N) is 2. The molecule has 0 aromatic rings. The molecular weight excluding hydrogens is 421 g/mol. The molecular formula is C20H36N2O2S2Si2. The minimum atomic E-state index is -1.87. The summed E-state index contributed by atoms with van der Waals surface area (Å²) in [5.41, 5.74) is 0. The average Bonchev–Trinajstić information content (AvgIpc) is 2.55. The minimum absolute atomic E-state index is 0.124. The lowest BCUT2D eigenvalue weighted by atomic mass is 10.2. The fourth-order valence-electron chi connectivity index (χ4n) is 1.98. The van der Waals surface area contributed by atoms with Crippen LogP contribution in [0.2, 0.25) is 36.3 Å². The van der Waals surface area contributed by atoms with Crippen molar-refractivity contribution >= 4 is 40.2 Å². The molecule has 2 atom stereocenters. The van der Waals surface area contributed by atoms with E-state index in [1.165, 1.54) is 23.5 Å². The average molecular weight is 457 g/mol. The van der Waals surface area contributed by atoms with Crippen molar-refractivity contribution in [3.63, 3.8) is 0 Å². The van der Waals surface area contributed by atoms with E-state index in [1.807, 2.05) is 0 Å². The van der Waals surface area contributed by atoms with Crippen molar-refractivity contribution in [2.24, 2.45) is 0 Å². The molecule has 158 valence electrons. The maximum absolute atomic E-state index is 7.46. The third-order valence-corrected chi connectivity index (χ3v) is 18.0. The number of hydrogen-bond acceptors (Lipinski definition) is 4. The molecule has 4 nitrogen and oxygen atoms in total. The predicted molar refractivity (Wildman–Crippen MR) is 129 cm³/mol. The van der Waals surface area contributed by atoms with Crippen LogP contribution in [-0.2, 0) is 8.85 Å². The summed E-state index contributed by atoms with van der Waals surface area (Å²) >= 11 is 3.01. The largest absolute Gasteiger partial charge is 0.416 e. The van der Waals surface area contributed by atoms with Gasteiger partial charge >= 0.3 is 0 Å². The van der Waals surface area contributed by atoms with E-state index in [4.69, 9.17) is 22.0 Å². The van der Waals surface area contributed by atoms with Gasteiger partial charge in [0.15, 0.2) is 16.6 Å². The Kier molecular flexibility index (Phi) is 8.56.